The molecule has 0 aliphatic heterocycles. The van der Waals surface area contributed by atoms with Crippen LogP contribution in [0.25, 0.3) is 0 Å². The number of ketones is 1. The Morgan fingerprint density at radius 1 is 1.12 bits per heavy atom. The summed E-state index contributed by atoms with van der Waals surface area (Å²) in [6, 6.07) is 3.46. The Morgan fingerprint density at radius 2 is 1.80 bits per heavy atom. The molecule has 133 valence electrons. The van der Waals surface area contributed by atoms with E-state index in [2.05, 4.69) is 5.32 Å². The summed E-state index contributed by atoms with van der Waals surface area (Å²) in [5.74, 6) is -0.420. The third-order valence-electron chi connectivity index (χ3n) is 3.82. The van der Waals surface area contributed by atoms with E-state index in [0.717, 1.165) is 0 Å². The number of thiophene rings is 1. The summed E-state index contributed by atoms with van der Waals surface area (Å²) in [7, 11) is 4.34. The summed E-state index contributed by atoms with van der Waals surface area (Å²) < 4.78 is 9.62. The van der Waals surface area contributed by atoms with Crippen LogP contribution in [0.1, 0.15) is 22.5 Å². The maximum absolute atomic E-state index is 13.0. The van der Waals surface area contributed by atoms with Crippen molar-refractivity contribution >= 4 is 29.1 Å². The zero-order valence-corrected chi connectivity index (χ0v) is 15.2. The molecular weight excluding hydrogens is 342 g/mol. The molecule has 1 aliphatic rings. The molecule has 5 radical (unpaired) electrons. The number of ether oxygens (including phenoxy) is 2. The van der Waals surface area contributed by atoms with E-state index in [9.17, 15) is 14.4 Å². The van der Waals surface area contributed by atoms with Gasteiger partial charge in [0.1, 0.15) is 5.92 Å². The van der Waals surface area contributed by atoms with E-state index in [4.69, 9.17) is 9.47 Å². The lowest BCUT2D eigenvalue weighted by Gasteiger charge is -2.22. The van der Waals surface area contributed by atoms with Crippen LogP contribution in [0.5, 0.6) is 0 Å². The van der Waals surface area contributed by atoms with E-state index < -0.39 is 11.9 Å². The van der Waals surface area contributed by atoms with Crippen LogP contribution in [0.2, 0.25) is 0 Å². The van der Waals surface area contributed by atoms with Crippen molar-refractivity contribution in [3.63, 3.8) is 0 Å². The van der Waals surface area contributed by atoms with Gasteiger partial charge in [0.05, 0.1) is 30.9 Å². The first-order valence-corrected chi connectivity index (χ1v) is 8.65. The van der Waals surface area contributed by atoms with Crippen molar-refractivity contribution < 1.29 is 23.9 Å². The molecule has 1 aromatic rings. The molecule has 1 aliphatic carbocycles. The summed E-state index contributed by atoms with van der Waals surface area (Å²) >= 11 is 1.28. The second-order valence-electron chi connectivity index (χ2n) is 5.32. The number of carbonyl (C=O) groups is 3. The van der Waals surface area contributed by atoms with Crippen molar-refractivity contribution in [3.8, 4) is 0 Å². The van der Waals surface area contributed by atoms with Gasteiger partial charge in [-0.25, -0.2) is 0 Å². The van der Waals surface area contributed by atoms with E-state index in [0.29, 0.717) is 30.2 Å². The molecule has 6 nitrogen and oxygen atoms in total. The molecule has 7 heteroatoms. The molecule has 1 N–H and O–H groups in total. The van der Waals surface area contributed by atoms with Crippen molar-refractivity contribution in [2.75, 3.05) is 27.8 Å². The Bertz CT molecular complexity index is 601. The smallest absolute Gasteiger partial charge is 0.314 e. The highest BCUT2D eigenvalue weighted by Gasteiger charge is 2.55. The monoisotopic (exact) mass is 362 g/mol. The Morgan fingerprint density at radius 3 is 2.36 bits per heavy atom. The van der Waals surface area contributed by atoms with Crippen LogP contribution in [0.3, 0.4) is 0 Å². The molecule has 0 unspecified atom stereocenters. The third-order valence-corrected chi connectivity index (χ3v) is 4.69. The fraction of sp³-hybridized carbons (Fsp3) is 0.333. The van der Waals surface area contributed by atoms with Gasteiger partial charge in [0.25, 0.3) is 0 Å². The largest absolute Gasteiger partial charge is 0.469 e. The van der Waals surface area contributed by atoms with Crippen molar-refractivity contribution in [2.45, 2.75) is 12.8 Å². The zero-order chi connectivity index (χ0) is 18.4. The Labute approximate surface area is 151 Å². The second-order valence-corrected chi connectivity index (χ2v) is 6.27. The van der Waals surface area contributed by atoms with Crippen LogP contribution >= 0.6 is 11.3 Å². The normalized spacial score (nSPS) is 16.9. The average molecular weight is 362 g/mol. The van der Waals surface area contributed by atoms with E-state index in [1.165, 1.54) is 32.0 Å². The van der Waals surface area contributed by atoms with Crippen molar-refractivity contribution in [1.29, 1.82) is 0 Å². The number of Topliss-reactive ketones (excluding diaryl/α,β-unsaturated/α-hetero) is 1. The molecule has 1 saturated carbocycles. The number of nitrogens with one attached hydrogen (secondary N) is 1. The van der Waals surface area contributed by atoms with Crippen LogP contribution in [-0.4, -0.2) is 45.5 Å². The Kier molecular flexibility index (Phi) is 7.13. The predicted molar refractivity (Wildman–Crippen MR) is 93.1 cm³/mol. The fourth-order valence-electron chi connectivity index (χ4n) is 2.66. The first-order valence-electron chi connectivity index (χ1n) is 7.77. The van der Waals surface area contributed by atoms with Gasteiger partial charge in [-0.2, -0.15) is 0 Å². The standard InChI is InChI=1S/C18H20NO5S/c1-19-8-4-6-11-12(17(21)23-2)10-13(18(22)24-3)15(11)16(20)14-7-5-9-25-14/h5,7,9-10,19H,4,6,8H2,1-3H3. The zero-order valence-electron chi connectivity index (χ0n) is 14.4. The molecule has 0 amide bonds. The van der Waals surface area contributed by atoms with Crippen LogP contribution in [0.15, 0.2) is 17.5 Å². The molecule has 0 spiro atoms. The summed E-state index contributed by atoms with van der Waals surface area (Å²) in [5, 5.41) is 4.81. The highest BCUT2D eigenvalue weighted by molar-refractivity contribution is 7.12. The van der Waals surface area contributed by atoms with Gasteiger partial charge in [0.2, 0.25) is 0 Å². The van der Waals surface area contributed by atoms with Crippen molar-refractivity contribution in [2.24, 2.45) is 0 Å². The maximum atomic E-state index is 13.0. The first-order chi connectivity index (χ1) is 12.0. The third kappa shape index (κ3) is 4.27. The van der Waals surface area contributed by atoms with Crippen LogP contribution in [-0.2, 0) is 19.1 Å². The number of carbonyl (C=O) groups excluding carboxylic acids is 3. The van der Waals surface area contributed by atoms with Crippen molar-refractivity contribution in [3.05, 3.63) is 52.5 Å². The molecule has 2 rings (SSSR count). The second kappa shape index (κ2) is 9.10. The minimum Gasteiger partial charge on any atom is -0.469 e. The first kappa shape index (κ1) is 19.6. The molecule has 1 heterocycles. The van der Waals surface area contributed by atoms with Crippen LogP contribution in [0, 0.1) is 30.1 Å². The van der Waals surface area contributed by atoms with Gasteiger partial charge in [-0.05, 0) is 37.9 Å². The summed E-state index contributed by atoms with van der Waals surface area (Å²) in [4.78, 5) is 37.8. The quantitative estimate of drug-likeness (QED) is 0.431. The molecule has 1 fully saturated rings. The van der Waals surface area contributed by atoms with E-state index in [1.807, 2.05) is 7.05 Å². The predicted octanol–water partition coefficient (Wildman–Crippen LogP) is 1.79. The molecule has 25 heavy (non-hydrogen) atoms. The maximum Gasteiger partial charge on any atom is 0.314 e. The summed E-state index contributed by atoms with van der Waals surface area (Å²) in [6.07, 6.45) is 2.57. The lowest BCUT2D eigenvalue weighted by molar-refractivity contribution is -0.137. The van der Waals surface area contributed by atoms with Gasteiger partial charge in [-0.1, -0.05) is 6.07 Å². The number of hydrogen-bond donors (Lipinski definition) is 1. The highest BCUT2D eigenvalue weighted by Crippen LogP contribution is 2.51. The summed E-state index contributed by atoms with van der Waals surface area (Å²) in [6.45, 7) is 0.714. The van der Waals surface area contributed by atoms with E-state index in [-0.39, 0.29) is 23.5 Å². The van der Waals surface area contributed by atoms with E-state index >= 15 is 0 Å². The molecule has 0 aromatic carbocycles. The van der Waals surface area contributed by atoms with Crippen molar-refractivity contribution in [1.82, 2.24) is 5.32 Å². The number of hydrogen-bond acceptors (Lipinski definition) is 7. The topological polar surface area (TPSA) is 81.7 Å². The molecular formula is C18H20NO5S. The van der Waals surface area contributed by atoms with Gasteiger partial charge in [-0.15, -0.1) is 11.3 Å². The number of rotatable bonds is 8. The fourth-order valence-corrected chi connectivity index (χ4v) is 3.33. The van der Waals surface area contributed by atoms with Gasteiger partial charge < -0.3 is 14.8 Å². The lowest BCUT2D eigenvalue weighted by Crippen LogP contribution is -2.27. The molecule has 0 atom stereocenters. The molecule has 1 aromatic heterocycles. The minimum atomic E-state index is -0.648. The van der Waals surface area contributed by atoms with Crippen LogP contribution in [0.4, 0.5) is 0 Å². The van der Waals surface area contributed by atoms with Gasteiger partial charge in [0, 0.05) is 12.3 Å². The van der Waals surface area contributed by atoms with Gasteiger partial charge in [-0.3, -0.25) is 14.4 Å². The van der Waals surface area contributed by atoms with Gasteiger partial charge >= 0.3 is 11.9 Å². The van der Waals surface area contributed by atoms with Crippen LogP contribution < -0.4 is 5.32 Å². The van der Waals surface area contributed by atoms with Gasteiger partial charge in [0.15, 0.2) is 5.78 Å². The number of esters is 2. The summed E-state index contributed by atoms with van der Waals surface area (Å²) in [5.41, 5.74) is 0. The molecule has 0 saturated heterocycles. The van der Waals surface area contributed by atoms with E-state index in [1.54, 1.807) is 17.5 Å². The minimum absolute atomic E-state index is 0.0979. The highest BCUT2D eigenvalue weighted by atomic mass is 32.1. The Balaban J connectivity index is 2.35. The number of methoxy groups -OCH3 is 2. The lowest BCUT2D eigenvalue weighted by atomic mass is 9.80. The molecule has 0 bridgehead atoms. The Hall–Kier alpha value is -1.73. The SMILES string of the molecule is CNCCC[C]1[C](C(=O)OC)[CH][C](C(=O)OC)[C]1C(=O)c1cccs1. The average Bonchev–Trinajstić information content (AvgIpc) is 3.28.